The number of amides is 1. The number of carbonyl (C=O) groups is 1. The summed E-state index contributed by atoms with van der Waals surface area (Å²) in [7, 11) is 1.55. The van der Waals surface area contributed by atoms with Gasteiger partial charge in [0.15, 0.2) is 5.11 Å². The molecular weight excluding hydrogens is 388 g/mol. The zero-order chi connectivity index (χ0) is 20.8. The normalized spacial score (nSPS) is 10.4. The Bertz CT molecular complexity index is 1010. The number of nitrogens with one attached hydrogen (secondary N) is 2. The molecule has 1 heterocycles. The third-order valence-corrected chi connectivity index (χ3v) is 4.60. The second-order valence-electron chi connectivity index (χ2n) is 6.30. The highest BCUT2D eigenvalue weighted by atomic mass is 32.1. The van der Waals surface area contributed by atoms with Crippen molar-refractivity contribution in [2.75, 3.05) is 12.4 Å². The number of aliphatic hydroxyl groups excluding tert-OH is 1. The SMILES string of the molecule is CCc1ccc(C(=O)NC(=S)Nc2ccc(-c3ccc(CO)o3)c(OC)c2)cc1. The second-order valence-corrected chi connectivity index (χ2v) is 6.71. The molecule has 29 heavy (non-hydrogen) atoms. The summed E-state index contributed by atoms with van der Waals surface area (Å²) in [5.74, 6) is 1.35. The van der Waals surface area contributed by atoms with E-state index >= 15 is 0 Å². The van der Waals surface area contributed by atoms with E-state index in [1.165, 1.54) is 0 Å². The second kappa shape index (κ2) is 9.36. The number of methoxy groups -OCH3 is 1. The van der Waals surface area contributed by atoms with Gasteiger partial charge in [-0.15, -0.1) is 0 Å². The number of rotatable bonds is 6. The van der Waals surface area contributed by atoms with Crippen LogP contribution in [0.4, 0.5) is 5.69 Å². The molecule has 0 saturated heterocycles. The molecule has 0 fully saturated rings. The molecule has 0 aliphatic heterocycles. The molecule has 1 aromatic heterocycles. The van der Waals surface area contributed by atoms with Crippen molar-refractivity contribution in [3.8, 4) is 17.1 Å². The predicted molar refractivity (Wildman–Crippen MR) is 116 cm³/mol. The van der Waals surface area contributed by atoms with E-state index in [-0.39, 0.29) is 17.6 Å². The van der Waals surface area contributed by atoms with Gasteiger partial charge in [0.05, 0.1) is 12.7 Å². The van der Waals surface area contributed by atoms with Crippen LogP contribution in [-0.2, 0) is 13.0 Å². The summed E-state index contributed by atoms with van der Waals surface area (Å²) in [5, 5.41) is 15.0. The number of hydrogen-bond acceptors (Lipinski definition) is 5. The first-order valence-electron chi connectivity index (χ1n) is 9.13. The lowest BCUT2D eigenvalue weighted by atomic mass is 10.1. The quantitative estimate of drug-likeness (QED) is 0.530. The Hall–Kier alpha value is -3.16. The van der Waals surface area contributed by atoms with Crippen LogP contribution >= 0.6 is 12.2 Å². The third kappa shape index (κ3) is 5.01. The van der Waals surface area contributed by atoms with Gasteiger partial charge in [-0.1, -0.05) is 19.1 Å². The summed E-state index contributed by atoms with van der Waals surface area (Å²) in [6.45, 7) is 1.89. The zero-order valence-electron chi connectivity index (χ0n) is 16.2. The first kappa shape index (κ1) is 20.6. The van der Waals surface area contributed by atoms with E-state index in [0.717, 1.165) is 17.5 Å². The van der Waals surface area contributed by atoms with Crippen molar-refractivity contribution >= 4 is 28.9 Å². The maximum atomic E-state index is 12.3. The predicted octanol–water partition coefficient (Wildman–Crippen LogP) is 4.14. The molecule has 2 aromatic carbocycles. The zero-order valence-corrected chi connectivity index (χ0v) is 17.0. The van der Waals surface area contributed by atoms with Crippen molar-refractivity contribution in [2.45, 2.75) is 20.0 Å². The van der Waals surface area contributed by atoms with Crippen LogP contribution in [-0.4, -0.2) is 23.2 Å². The van der Waals surface area contributed by atoms with Crippen LogP contribution in [0.25, 0.3) is 11.3 Å². The van der Waals surface area contributed by atoms with Gasteiger partial charge in [0.1, 0.15) is 23.9 Å². The van der Waals surface area contributed by atoms with Crippen molar-refractivity contribution in [1.82, 2.24) is 5.32 Å². The number of hydrogen-bond donors (Lipinski definition) is 3. The van der Waals surface area contributed by atoms with Crippen LogP contribution in [0.2, 0.25) is 0 Å². The Balaban J connectivity index is 1.68. The number of benzene rings is 2. The molecule has 0 bridgehead atoms. The highest BCUT2D eigenvalue weighted by molar-refractivity contribution is 7.80. The molecule has 0 aliphatic rings. The van der Waals surface area contributed by atoms with Crippen LogP contribution in [0, 0.1) is 0 Å². The topological polar surface area (TPSA) is 83.7 Å². The Morgan fingerprint density at radius 3 is 2.52 bits per heavy atom. The standard InChI is InChI=1S/C22H22N2O4S/c1-3-14-4-6-15(7-5-14)21(26)24-22(29)23-16-8-10-18(20(12-16)27-2)19-11-9-17(13-25)28-19/h4-12,25H,3,13H2,1-2H3,(H2,23,24,26,29). The lowest BCUT2D eigenvalue weighted by Gasteiger charge is -2.12. The van der Waals surface area contributed by atoms with Gasteiger partial charge >= 0.3 is 0 Å². The molecule has 0 saturated carbocycles. The third-order valence-electron chi connectivity index (χ3n) is 4.39. The fraction of sp³-hybridized carbons (Fsp3) is 0.182. The molecule has 7 heteroatoms. The molecular formula is C22H22N2O4S. The molecule has 150 valence electrons. The lowest BCUT2D eigenvalue weighted by Crippen LogP contribution is -2.34. The van der Waals surface area contributed by atoms with E-state index in [1.807, 2.05) is 18.2 Å². The van der Waals surface area contributed by atoms with Crippen LogP contribution in [0.5, 0.6) is 5.75 Å². The maximum absolute atomic E-state index is 12.3. The van der Waals surface area contributed by atoms with Gasteiger partial charge in [0.25, 0.3) is 5.91 Å². The summed E-state index contributed by atoms with van der Waals surface area (Å²) in [6.07, 6.45) is 0.916. The molecule has 0 atom stereocenters. The summed E-state index contributed by atoms with van der Waals surface area (Å²) in [4.78, 5) is 12.3. The van der Waals surface area contributed by atoms with Crippen LogP contribution in [0.3, 0.4) is 0 Å². The molecule has 3 aromatic rings. The van der Waals surface area contributed by atoms with E-state index in [9.17, 15) is 4.79 Å². The van der Waals surface area contributed by atoms with Gasteiger partial charge in [-0.05, 0) is 60.6 Å². The smallest absolute Gasteiger partial charge is 0.257 e. The van der Waals surface area contributed by atoms with Gasteiger partial charge in [-0.25, -0.2) is 0 Å². The fourth-order valence-corrected chi connectivity index (χ4v) is 3.02. The minimum atomic E-state index is -0.277. The Morgan fingerprint density at radius 2 is 1.90 bits per heavy atom. The van der Waals surface area contributed by atoms with Gasteiger partial charge in [0.2, 0.25) is 0 Å². The molecule has 0 aliphatic carbocycles. The minimum absolute atomic E-state index is 0.170. The monoisotopic (exact) mass is 410 g/mol. The van der Waals surface area contributed by atoms with Crippen molar-refractivity contribution < 1.29 is 19.1 Å². The van der Waals surface area contributed by atoms with Crippen molar-refractivity contribution in [3.05, 3.63) is 71.5 Å². The average molecular weight is 410 g/mol. The van der Waals surface area contributed by atoms with Crippen molar-refractivity contribution in [2.24, 2.45) is 0 Å². The summed E-state index contributed by atoms with van der Waals surface area (Å²) in [6, 6.07) is 16.2. The van der Waals surface area contributed by atoms with Gasteiger partial charge in [0, 0.05) is 17.3 Å². The number of anilines is 1. The highest BCUT2D eigenvalue weighted by Crippen LogP contribution is 2.33. The largest absolute Gasteiger partial charge is 0.496 e. The first-order valence-corrected chi connectivity index (χ1v) is 9.54. The molecule has 0 radical (unpaired) electrons. The van der Waals surface area contributed by atoms with Gasteiger partial charge in [-0.3, -0.25) is 10.1 Å². The van der Waals surface area contributed by atoms with Gasteiger partial charge in [-0.2, -0.15) is 0 Å². The number of carbonyl (C=O) groups excluding carboxylic acids is 1. The number of ether oxygens (including phenoxy) is 1. The van der Waals surface area contributed by atoms with Crippen LogP contribution in [0.15, 0.2) is 59.0 Å². The fourth-order valence-electron chi connectivity index (χ4n) is 2.81. The molecule has 6 nitrogen and oxygen atoms in total. The molecule has 0 spiro atoms. The van der Waals surface area contributed by atoms with E-state index in [1.54, 1.807) is 43.5 Å². The number of furan rings is 1. The minimum Gasteiger partial charge on any atom is -0.496 e. The van der Waals surface area contributed by atoms with E-state index < -0.39 is 0 Å². The molecule has 3 N–H and O–H groups in total. The Labute approximate surface area is 174 Å². The van der Waals surface area contributed by atoms with Crippen LogP contribution < -0.4 is 15.4 Å². The first-order chi connectivity index (χ1) is 14.0. The van der Waals surface area contributed by atoms with Crippen molar-refractivity contribution in [3.63, 3.8) is 0 Å². The Kier molecular flexibility index (Phi) is 6.64. The summed E-state index contributed by atoms with van der Waals surface area (Å²) < 4.78 is 11.0. The maximum Gasteiger partial charge on any atom is 0.257 e. The molecule has 0 unspecified atom stereocenters. The van der Waals surface area contributed by atoms with Crippen molar-refractivity contribution in [1.29, 1.82) is 0 Å². The van der Waals surface area contributed by atoms with E-state index in [2.05, 4.69) is 17.6 Å². The lowest BCUT2D eigenvalue weighted by molar-refractivity contribution is 0.0977. The van der Waals surface area contributed by atoms with E-state index in [4.69, 9.17) is 26.5 Å². The number of aryl methyl sites for hydroxylation is 1. The van der Waals surface area contributed by atoms with Crippen LogP contribution in [0.1, 0.15) is 28.6 Å². The molecule has 1 amide bonds. The highest BCUT2D eigenvalue weighted by Gasteiger charge is 2.13. The van der Waals surface area contributed by atoms with Gasteiger partial charge < -0.3 is 19.6 Å². The summed E-state index contributed by atoms with van der Waals surface area (Å²) >= 11 is 5.26. The number of aliphatic hydroxyl groups is 1. The Morgan fingerprint density at radius 1 is 1.14 bits per heavy atom. The summed E-state index contributed by atoms with van der Waals surface area (Å²) in [5.41, 5.74) is 3.10. The average Bonchev–Trinajstić information content (AvgIpc) is 3.22. The number of thiocarbonyl (C=S) groups is 1. The van der Waals surface area contributed by atoms with E-state index in [0.29, 0.717) is 28.5 Å². The molecule has 3 rings (SSSR count).